The maximum absolute atomic E-state index is 12.0. The van der Waals surface area contributed by atoms with Gasteiger partial charge in [-0.25, -0.2) is 4.79 Å². The molecule has 0 saturated carbocycles. The van der Waals surface area contributed by atoms with Crippen molar-refractivity contribution in [2.45, 2.75) is 19.9 Å². The summed E-state index contributed by atoms with van der Waals surface area (Å²) in [5, 5.41) is 12.0. The van der Waals surface area contributed by atoms with Crippen LogP contribution in [0.15, 0.2) is 24.3 Å². The number of benzene rings is 1. The number of carbonyl (C=O) groups excluding carboxylic acids is 1. The highest BCUT2D eigenvalue weighted by atomic mass is 16.5. The molecule has 0 spiro atoms. The van der Waals surface area contributed by atoms with Gasteiger partial charge >= 0.3 is 6.03 Å². The average molecular weight is 278 g/mol. The molecule has 5 nitrogen and oxygen atoms in total. The summed E-state index contributed by atoms with van der Waals surface area (Å²) >= 11 is 0. The van der Waals surface area contributed by atoms with Crippen molar-refractivity contribution in [3.05, 3.63) is 29.8 Å². The summed E-state index contributed by atoms with van der Waals surface area (Å²) in [6, 6.07) is 7.63. The number of urea groups is 1. The van der Waals surface area contributed by atoms with E-state index in [1.54, 1.807) is 4.90 Å². The van der Waals surface area contributed by atoms with Gasteiger partial charge < -0.3 is 20.1 Å². The van der Waals surface area contributed by atoms with Gasteiger partial charge in [-0.1, -0.05) is 18.2 Å². The van der Waals surface area contributed by atoms with E-state index >= 15 is 0 Å². The lowest BCUT2D eigenvalue weighted by Crippen LogP contribution is -2.38. The number of aliphatic hydroxyl groups is 1. The van der Waals surface area contributed by atoms with E-state index in [9.17, 15) is 4.79 Å². The van der Waals surface area contributed by atoms with Gasteiger partial charge in [0.2, 0.25) is 0 Å². The molecule has 1 fully saturated rings. The number of ether oxygens (including phenoxy) is 1. The molecule has 1 aliphatic heterocycles. The second-order valence-electron chi connectivity index (χ2n) is 4.98. The van der Waals surface area contributed by atoms with Gasteiger partial charge in [0, 0.05) is 37.7 Å². The first-order chi connectivity index (χ1) is 9.74. The number of para-hydroxylation sites is 1. The summed E-state index contributed by atoms with van der Waals surface area (Å²) in [5.41, 5.74) is 0.973. The molecular weight excluding hydrogens is 256 g/mol. The van der Waals surface area contributed by atoms with Gasteiger partial charge in [0.1, 0.15) is 5.75 Å². The monoisotopic (exact) mass is 278 g/mol. The summed E-state index contributed by atoms with van der Waals surface area (Å²) in [4.78, 5) is 13.8. The Kier molecular flexibility index (Phi) is 5.24. The van der Waals surface area contributed by atoms with E-state index in [-0.39, 0.29) is 18.6 Å². The Balaban J connectivity index is 1.87. The standard InChI is InChI=1S/C15H22N2O3/c1-2-20-14-6-4-3-5-13(14)9-16-15(19)17-8-7-12(10-17)11-18/h3-6,12,18H,2,7-11H2,1H3,(H,16,19). The summed E-state index contributed by atoms with van der Waals surface area (Å²) in [5.74, 6) is 1.03. The van der Waals surface area contributed by atoms with E-state index < -0.39 is 0 Å². The van der Waals surface area contributed by atoms with Gasteiger partial charge in [0.05, 0.1) is 6.61 Å². The quantitative estimate of drug-likeness (QED) is 0.860. The summed E-state index contributed by atoms with van der Waals surface area (Å²) in [6.07, 6.45) is 0.874. The maximum atomic E-state index is 12.0. The van der Waals surface area contributed by atoms with Crippen molar-refractivity contribution >= 4 is 6.03 Å². The molecular formula is C15H22N2O3. The molecule has 0 aromatic heterocycles. The first kappa shape index (κ1) is 14.7. The zero-order chi connectivity index (χ0) is 14.4. The second kappa shape index (κ2) is 7.14. The third kappa shape index (κ3) is 3.63. The van der Waals surface area contributed by atoms with Gasteiger partial charge in [-0.3, -0.25) is 0 Å². The fraction of sp³-hybridized carbons (Fsp3) is 0.533. The second-order valence-corrected chi connectivity index (χ2v) is 4.98. The molecule has 2 N–H and O–H groups in total. The van der Waals surface area contributed by atoms with E-state index in [1.165, 1.54) is 0 Å². The van der Waals surface area contributed by atoms with Crippen LogP contribution in [0.1, 0.15) is 18.9 Å². The summed E-state index contributed by atoms with van der Waals surface area (Å²) in [7, 11) is 0. The summed E-state index contributed by atoms with van der Waals surface area (Å²) in [6.45, 7) is 4.50. The Morgan fingerprint density at radius 1 is 1.50 bits per heavy atom. The molecule has 1 aliphatic rings. The molecule has 1 unspecified atom stereocenters. The Morgan fingerprint density at radius 2 is 2.30 bits per heavy atom. The van der Waals surface area contributed by atoms with Crippen LogP contribution < -0.4 is 10.1 Å². The van der Waals surface area contributed by atoms with E-state index in [0.717, 1.165) is 17.7 Å². The molecule has 2 amide bonds. The lowest BCUT2D eigenvalue weighted by molar-refractivity contribution is 0.198. The lowest BCUT2D eigenvalue weighted by Gasteiger charge is -2.18. The highest BCUT2D eigenvalue weighted by molar-refractivity contribution is 5.74. The average Bonchev–Trinajstić information content (AvgIpc) is 2.95. The first-order valence-electron chi connectivity index (χ1n) is 7.09. The highest BCUT2D eigenvalue weighted by Crippen LogP contribution is 2.18. The zero-order valence-electron chi connectivity index (χ0n) is 11.8. The topological polar surface area (TPSA) is 61.8 Å². The Labute approximate surface area is 119 Å². The minimum atomic E-state index is -0.0766. The molecule has 20 heavy (non-hydrogen) atoms. The molecule has 1 atom stereocenters. The van der Waals surface area contributed by atoms with E-state index in [2.05, 4.69) is 5.32 Å². The number of likely N-dealkylation sites (tertiary alicyclic amines) is 1. The normalized spacial score (nSPS) is 18.1. The maximum Gasteiger partial charge on any atom is 0.317 e. The number of rotatable bonds is 5. The number of hydrogen-bond acceptors (Lipinski definition) is 3. The van der Waals surface area contributed by atoms with Gasteiger partial charge in [-0.05, 0) is 19.4 Å². The molecule has 1 aromatic rings. The largest absolute Gasteiger partial charge is 0.494 e. The molecule has 0 aliphatic carbocycles. The van der Waals surface area contributed by atoms with Crippen molar-refractivity contribution in [1.29, 1.82) is 0 Å². The van der Waals surface area contributed by atoms with Gasteiger partial charge in [0.25, 0.3) is 0 Å². The van der Waals surface area contributed by atoms with Crippen LogP contribution in [0.3, 0.4) is 0 Å². The fourth-order valence-corrected chi connectivity index (χ4v) is 2.39. The Morgan fingerprint density at radius 3 is 3.00 bits per heavy atom. The number of hydrogen-bond donors (Lipinski definition) is 2. The van der Waals surface area contributed by atoms with E-state index in [0.29, 0.717) is 26.2 Å². The van der Waals surface area contributed by atoms with Crippen LogP contribution in [-0.4, -0.2) is 42.3 Å². The number of nitrogens with zero attached hydrogens (tertiary/aromatic N) is 1. The van der Waals surface area contributed by atoms with Crippen LogP contribution in [0, 0.1) is 5.92 Å². The van der Waals surface area contributed by atoms with Crippen molar-refractivity contribution in [2.24, 2.45) is 5.92 Å². The van der Waals surface area contributed by atoms with Crippen molar-refractivity contribution in [3.8, 4) is 5.75 Å². The third-order valence-corrected chi connectivity index (χ3v) is 3.53. The number of aliphatic hydroxyl groups excluding tert-OH is 1. The molecule has 0 radical (unpaired) electrons. The molecule has 5 heteroatoms. The molecule has 1 saturated heterocycles. The van der Waals surface area contributed by atoms with Crippen molar-refractivity contribution in [2.75, 3.05) is 26.3 Å². The number of carbonyl (C=O) groups is 1. The third-order valence-electron chi connectivity index (χ3n) is 3.53. The minimum absolute atomic E-state index is 0.0766. The predicted molar refractivity (Wildman–Crippen MR) is 76.6 cm³/mol. The molecule has 110 valence electrons. The Hall–Kier alpha value is -1.75. The number of amides is 2. The van der Waals surface area contributed by atoms with E-state index in [1.807, 2.05) is 31.2 Å². The molecule has 0 bridgehead atoms. The van der Waals surface area contributed by atoms with Crippen molar-refractivity contribution in [1.82, 2.24) is 10.2 Å². The Bertz CT molecular complexity index is 450. The molecule has 1 aromatic carbocycles. The van der Waals surface area contributed by atoms with Crippen LogP contribution in [0.4, 0.5) is 4.79 Å². The highest BCUT2D eigenvalue weighted by Gasteiger charge is 2.25. The molecule has 1 heterocycles. The van der Waals surface area contributed by atoms with Crippen LogP contribution in [-0.2, 0) is 6.54 Å². The smallest absolute Gasteiger partial charge is 0.317 e. The zero-order valence-corrected chi connectivity index (χ0v) is 11.8. The van der Waals surface area contributed by atoms with Crippen molar-refractivity contribution in [3.63, 3.8) is 0 Å². The predicted octanol–water partition coefficient (Wildman–Crippen LogP) is 1.61. The first-order valence-corrected chi connectivity index (χ1v) is 7.09. The fourth-order valence-electron chi connectivity index (χ4n) is 2.39. The lowest BCUT2D eigenvalue weighted by atomic mass is 10.1. The molecule has 2 rings (SSSR count). The van der Waals surface area contributed by atoms with Gasteiger partial charge in [0.15, 0.2) is 0 Å². The summed E-state index contributed by atoms with van der Waals surface area (Å²) < 4.78 is 5.53. The van der Waals surface area contributed by atoms with Gasteiger partial charge in [-0.2, -0.15) is 0 Å². The van der Waals surface area contributed by atoms with Crippen LogP contribution >= 0.6 is 0 Å². The van der Waals surface area contributed by atoms with Gasteiger partial charge in [-0.15, -0.1) is 0 Å². The number of nitrogens with one attached hydrogen (secondary N) is 1. The van der Waals surface area contributed by atoms with E-state index in [4.69, 9.17) is 9.84 Å². The van der Waals surface area contributed by atoms with Crippen molar-refractivity contribution < 1.29 is 14.6 Å². The van der Waals surface area contributed by atoms with Crippen LogP contribution in [0.2, 0.25) is 0 Å². The SMILES string of the molecule is CCOc1ccccc1CNC(=O)N1CCC(CO)C1. The van der Waals surface area contributed by atoms with Crippen LogP contribution in [0.5, 0.6) is 5.75 Å². The van der Waals surface area contributed by atoms with Crippen LogP contribution in [0.25, 0.3) is 0 Å². The minimum Gasteiger partial charge on any atom is -0.494 e.